The molecule has 0 radical (unpaired) electrons. The Morgan fingerprint density at radius 2 is 1.67 bits per heavy atom. The second-order valence-corrected chi connectivity index (χ2v) is 7.33. The lowest BCUT2D eigenvalue weighted by molar-refractivity contribution is -0.114. The molecule has 2 amide bonds. The molecule has 0 aliphatic carbocycles. The Kier molecular flexibility index (Phi) is 6.91. The van der Waals surface area contributed by atoms with Gasteiger partial charge in [-0.15, -0.1) is 10.2 Å². The van der Waals surface area contributed by atoms with Crippen molar-refractivity contribution in [3.8, 4) is 5.75 Å². The van der Waals surface area contributed by atoms with Crippen molar-refractivity contribution in [3.05, 3.63) is 59.9 Å². The molecule has 156 valence electrons. The number of anilines is 2. The van der Waals surface area contributed by atoms with Gasteiger partial charge in [-0.25, -0.2) is 4.68 Å². The molecule has 9 nitrogen and oxygen atoms in total. The number of amides is 2. The fraction of sp³-hybridized carbons (Fsp3) is 0.200. The van der Waals surface area contributed by atoms with Gasteiger partial charge in [-0.3, -0.25) is 9.59 Å². The number of nitrogen functional groups attached to an aromatic ring is 1. The lowest BCUT2D eigenvalue weighted by Crippen LogP contribution is -2.17. The SMILES string of the molecule is COc1ccc(Cc2nnc(SCC(=O)Nc3ccc(NC(C)=O)cc3)n2N)cc1. The van der Waals surface area contributed by atoms with E-state index < -0.39 is 0 Å². The van der Waals surface area contributed by atoms with Crippen LogP contribution in [0, 0.1) is 0 Å². The number of rotatable bonds is 8. The number of methoxy groups -OCH3 is 1. The van der Waals surface area contributed by atoms with Crippen LogP contribution in [-0.2, 0) is 16.0 Å². The van der Waals surface area contributed by atoms with Crippen molar-refractivity contribution in [2.75, 3.05) is 29.3 Å². The average Bonchev–Trinajstić information content (AvgIpc) is 3.07. The van der Waals surface area contributed by atoms with Crippen LogP contribution in [0.5, 0.6) is 5.75 Å². The summed E-state index contributed by atoms with van der Waals surface area (Å²) in [4.78, 5) is 23.2. The van der Waals surface area contributed by atoms with Gasteiger partial charge in [0.15, 0.2) is 5.82 Å². The number of hydrogen-bond donors (Lipinski definition) is 3. The first-order chi connectivity index (χ1) is 14.4. The first-order valence-corrected chi connectivity index (χ1v) is 10.1. The fourth-order valence-corrected chi connectivity index (χ4v) is 3.29. The van der Waals surface area contributed by atoms with Crippen LogP contribution < -0.4 is 21.2 Å². The van der Waals surface area contributed by atoms with Gasteiger partial charge in [-0.2, -0.15) is 0 Å². The minimum absolute atomic E-state index is 0.130. The molecule has 0 spiro atoms. The van der Waals surface area contributed by atoms with Gasteiger partial charge in [-0.1, -0.05) is 23.9 Å². The van der Waals surface area contributed by atoms with E-state index in [1.165, 1.54) is 23.4 Å². The van der Waals surface area contributed by atoms with Crippen molar-refractivity contribution in [2.24, 2.45) is 0 Å². The van der Waals surface area contributed by atoms with Gasteiger partial charge in [0.25, 0.3) is 0 Å². The molecular formula is C20H22N6O3S. The van der Waals surface area contributed by atoms with Crippen LogP contribution in [0.1, 0.15) is 18.3 Å². The molecule has 0 saturated carbocycles. The topological polar surface area (TPSA) is 124 Å². The van der Waals surface area contributed by atoms with Crippen LogP contribution in [0.2, 0.25) is 0 Å². The van der Waals surface area contributed by atoms with Crippen molar-refractivity contribution in [1.82, 2.24) is 14.9 Å². The minimum Gasteiger partial charge on any atom is -0.497 e. The molecule has 3 rings (SSSR count). The van der Waals surface area contributed by atoms with Gasteiger partial charge in [0.2, 0.25) is 17.0 Å². The third-order valence-corrected chi connectivity index (χ3v) is 5.02. The molecule has 1 aromatic heterocycles. The van der Waals surface area contributed by atoms with E-state index >= 15 is 0 Å². The molecule has 0 atom stereocenters. The van der Waals surface area contributed by atoms with Crippen molar-refractivity contribution in [3.63, 3.8) is 0 Å². The number of nitrogens with two attached hydrogens (primary N) is 1. The number of benzene rings is 2. The van der Waals surface area contributed by atoms with Crippen LogP contribution in [0.15, 0.2) is 53.7 Å². The Morgan fingerprint density at radius 1 is 1.03 bits per heavy atom. The zero-order chi connectivity index (χ0) is 21.5. The highest BCUT2D eigenvalue weighted by molar-refractivity contribution is 7.99. The Hall–Kier alpha value is -3.53. The highest BCUT2D eigenvalue weighted by Gasteiger charge is 2.13. The van der Waals surface area contributed by atoms with E-state index in [0.717, 1.165) is 11.3 Å². The van der Waals surface area contributed by atoms with Crippen LogP contribution in [0.25, 0.3) is 0 Å². The summed E-state index contributed by atoms with van der Waals surface area (Å²) < 4.78 is 6.54. The number of nitrogens with one attached hydrogen (secondary N) is 2. The summed E-state index contributed by atoms with van der Waals surface area (Å²) >= 11 is 1.20. The van der Waals surface area contributed by atoms with Gasteiger partial charge in [0, 0.05) is 24.7 Å². The molecule has 4 N–H and O–H groups in total. The second-order valence-electron chi connectivity index (χ2n) is 6.39. The van der Waals surface area contributed by atoms with E-state index in [1.54, 1.807) is 31.4 Å². The van der Waals surface area contributed by atoms with Gasteiger partial charge in [0.05, 0.1) is 12.9 Å². The summed E-state index contributed by atoms with van der Waals surface area (Å²) in [7, 11) is 1.62. The summed E-state index contributed by atoms with van der Waals surface area (Å²) in [6.45, 7) is 1.44. The Balaban J connectivity index is 1.52. The van der Waals surface area contributed by atoms with Gasteiger partial charge >= 0.3 is 0 Å². The Morgan fingerprint density at radius 3 is 2.27 bits per heavy atom. The predicted octanol–water partition coefficient (Wildman–Crippen LogP) is 2.28. The van der Waals surface area contributed by atoms with E-state index in [0.29, 0.717) is 28.8 Å². The van der Waals surface area contributed by atoms with Crippen LogP contribution >= 0.6 is 11.8 Å². The zero-order valence-electron chi connectivity index (χ0n) is 16.6. The molecule has 1 heterocycles. The van der Waals surface area contributed by atoms with E-state index in [1.807, 2.05) is 24.3 Å². The van der Waals surface area contributed by atoms with E-state index in [-0.39, 0.29) is 17.6 Å². The molecule has 30 heavy (non-hydrogen) atoms. The number of nitrogens with zero attached hydrogens (tertiary/aromatic N) is 3. The Bertz CT molecular complexity index is 1020. The average molecular weight is 427 g/mol. The number of aromatic nitrogens is 3. The standard InChI is InChI=1S/C20H22N6O3S/c1-13(27)22-15-5-7-16(8-6-15)23-19(28)12-30-20-25-24-18(26(20)21)11-14-3-9-17(29-2)10-4-14/h3-10H,11-12,21H2,1-2H3,(H,22,27)(H,23,28). The van der Waals surface area contributed by atoms with Crippen LogP contribution in [0.4, 0.5) is 11.4 Å². The summed E-state index contributed by atoms with van der Waals surface area (Å²) in [6, 6.07) is 14.5. The molecule has 10 heteroatoms. The van der Waals surface area contributed by atoms with E-state index in [9.17, 15) is 9.59 Å². The largest absolute Gasteiger partial charge is 0.497 e. The maximum absolute atomic E-state index is 12.2. The maximum atomic E-state index is 12.2. The van der Waals surface area contributed by atoms with Gasteiger partial charge in [0.1, 0.15) is 5.75 Å². The summed E-state index contributed by atoms with van der Waals surface area (Å²) in [5, 5.41) is 14.1. The van der Waals surface area contributed by atoms with Crippen molar-refractivity contribution < 1.29 is 14.3 Å². The third kappa shape index (κ3) is 5.74. The first kappa shape index (κ1) is 21.2. The molecule has 0 aliphatic heterocycles. The lowest BCUT2D eigenvalue weighted by Gasteiger charge is -2.07. The smallest absolute Gasteiger partial charge is 0.234 e. The first-order valence-electron chi connectivity index (χ1n) is 9.07. The lowest BCUT2D eigenvalue weighted by atomic mass is 10.1. The predicted molar refractivity (Wildman–Crippen MR) is 116 cm³/mol. The number of carbonyl (C=O) groups is 2. The zero-order valence-corrected chi connectivity index (χ0v) is 17.4. The normalized spacial score (nSPS) is 10.5. The molecule has 0 fully saturated rings. The molecule has 0 unspecified atom stereocenters. The van der Waals surface area contributed by atoms with E-state index in [4.69, 9.17) is 10.6 Å². The number of carbonyl (C=O) groups excluding carboxylic acids is 2. The van der Waals surface area contributed by atoms with Crippen LogP contribution in [-0.4, -0.2) is 39.6 Å². The summed E-state index contributed by atoms with van der Waals surface area (Å²) in [5.74, 6) is 7.23. The fourth-order valence-electron chi connectivity index (χ4n) is 2.62. The quantitative estimate of drug-likeness (QED) is 0.373. The molecule has 0 aliphatic rings. The molecule has 2 aromatic carbocycles. The molecule has 3 aromatic rings. The highest BCUT2D eigenvalue weighted by atomic mass is 32.2. The van der Waals surface area contributed by atoms with Crippen molar-refractivity contribution >= 4 is 35.0 Å². The maximum Gasteiger partial charge on any atom is 0.234 e. The van der Waals surface area contributed by atoms with Gasteiger partial charge < -0.3 is 21.2 Å². The highest BCUT2D eigenvalue weighted by Crippen LogP contribution is 2.19. The van der Waals surface area contributed by atoms with Crippen LogP contribution in [0.3, 0.4) is 0 Å². The summed E-state index contributed by atoms with van der Waals surface area (Å²) in [5.41, 5.74) is 2.31. The number of thioether (sulfide) groups is 1. The number of hydrogen-bond acceptors (Lipinski definition) is 7. The van der Waals surface area contributed by atoms with Crippen molar-refractivity contribution in [1.29, 1.82) is 0 Å². The minimum atomic E-state index is -0.202. The second kappa shape index (κ2) is 9.79. The van der Waals surface area contributed by atoms with Crippen molar-refractivity contribution in [2.45, 2.75) is 18.5 Å². The molecule has 0 bridgehead atoms. The Labute approximate surface area is 178 Å². The van der Waals surface area contributed by atoms with Gasteiger partial charge in [-0.05, 0) is 42.0 Å². The molecular weight excluding hydrogens is 404 g/mol. The number of ether oxygens (including phenoxy) is 1. The monoisotopic (exact) mass is 426 g/mol. The van der Waals surface area contributed by atoms with E-state index in [2.05, 4.69) is 20.8 Å². The third-order valence-electron chi connectivity index (χ3n) is 4.08. The summed E-state index contributed by atoms with van der Waals surface area (Å²) in [6.07, 6.45) is 0.515. The molecule has 0 saturated heterocycles.